The molecule has 0 bridgehead atoms. The number of thioether (sulfide) groups is 1. The first-order chi connectivity index (χ1) is 13.4. The minimum Gasteiger partial charge on any atom is -0.360 e. The van der Waals surface area contributed by atoms with Gasteiger partial charge in [-0.25, -0.2) is 4.98 Å². The van der Waals surface area contributed by atoms with E-state index in [9.17, 15) is 9.59 Å². The third-order valence-electron chi connectivity index (χ3n) is 3.65. The van der Waals surface area contributed by atoms with Crippen molar-refractivity contribution in [2.75, 3.05) is 16.4 Å². The van der Waals surface area contributed by atoms with E-state index in [1.807, 2.05) is 25.1 Å². The lowest BCUT2D eigenvalue weighted by atomic mass is 10.3. The fourth-order valence-corrected chi connectivity index (χ4v) is 3.91. The van der Waals surface area contributed by atoms with Crippen LogP contribution in [0.25, 0.3) is 10.6 Å². The highest BCUT2D eigenvalue weighted by atomic mass is 32.2. The Labute approximate surface area is 170 Å². The van der Waals surface area contributed by atoms with Crippen molar-refractivity contribution in [2.45, 2.75) is 26.0 Å². The molecule has 0 fully saturated rings. The Hall–Kier alpha value is -2.72. The number of nitrogens with zero attached hydrogens (tertiary/aromatic N) is 3. The van der Waals surface area contributed by atoms with Crippen molar-refractivity contribution in [1.82, 2.24) is 15.1 Å². The molecule has 2 N–H and O–H groups in total. The minimum atomic E-state index is -0.426. The second kappa shape index (κ2) is 8.98. The van der Waals surface area contributed by atoms with Crippen LogP contribution in [0.3, 0.4) is 0 Å². The first-order valence-corrected chi connectivity index (χ1v) is 10.3. The summed E-state index contributed by atoms with van der Waals surface area (Å²) in [6.45, 7) is 5.35. The third kappa shape index (κ3) is 5.17. The number of carbonyl (C=O) groups is 2. The number of rotatable bonds is 7. The van der Waals surface area contributed by atoms with Gasteiger partial charge in [0, 0.05) is 12.3 Å². The number of carbonyl (C=O) groups excluding carboxylic acids is 2. The number of pyridine rings is 1. The van der Waals surface area contributed by atoms with Crippen molar-refractivity contribution in [3.63, 3.8) is 0 Å². The van der Waals surface area contributed by atoms with Crippen molar-refractivity contribution >= 4 is 45.9 Å². The Bertz CT molecular complexity index is 971. The van der Waals surface area contributed by atoms with E-state index in [0.29, 0.717) is 16.7 Å². The number of hydrogen-bond acceptors (Lipinski definition) is 8. The van der Waals surface area contributed by atoms with Gasteiger partial charge in [-0.15, -0.1) is 11.8 Å². The van der Waals surface area contributed by atoms with E-state index in [1.54, 1.807) is 26.1 Å². The van der Waals surface area contributed by atoms with Gasteiger partial charge in [0.1, 0.15) is 5.76 Å². The van der Waals surface area contributed by atoms with Gasteiger partial charge in [0.05, 0.1) is 27.3 Å². The molecule has 0 aliphatic heterocycles. The highest BCUT2D eigenvalue weighted by Gasteiger charge is 2.18. The Kier molecular flexibility index (Phi) is 6.42. The quantitative estimate of drug-likeness (QED) is 0.605. The maximum Gasteiger partial charge on any atom is 0.238 e. The van der Waals surface area contributed by atoms with Gasteiger partial charge < -0.3 is 15.2 Å². The predicted octanol–water partition coefficient (Wildman–Crippen LogP) is 3.51. The number of aromatic nitrogens is 3. The molecular weight excluding hydrogens is 398 g/mol. The number of anilines is 2. The lowest BCUT2D eigenvalue weighted by Gasteiger charge is -2.09. The van der Waals surface area contributed by atoms with Gasteiger partial charge in [0.2, 0.25) is 11.8 Å². The maximum absolute atomic E-state index is 12.2. The zero-order valence-electron chi connectivity index (χ0n) is 15.6. The lowest BCUT2D eigenvalue weighted by molar-refractivity contribution is -0.115. The van der Waals surface area contributed by atoms with Crippen molar-refractivity contribution in [2.24, 2.45) is 0 Å². The van der Waals surface area contributed by atoms with Crippen LogP contribution in [0.15, 0.2) is 35.0 Å². The molecule has 1 atom stereocenters. The van der Waals surface area contributed by atoms with Gasteiger partial charge in [0.25, 0.3) is 0 Å². The molecule has 0 saturated heterocycles. The number of thiazole rings is 1. The molecule has 3 aromatic heterocycles. The summed E-state index contributed by atoms with van der Waals surface area (Å²) in [4.78, 5) is 34.0. The number of aryl methyl sites for hydroxylation is 2. The summed E-state index contributed by atoms with van der Waals surface area (Å²) in [5.41, 5.74) is 1.63. The maximum atomic E-state index is 12.2. The zero-order valence-corrected chi connectivity index (χ0v) is 17.2. The monoisotopic (exact) mass is 417 g/mol. The predicted molar refractivity (Wildman–Crippen MR) is 111 cm³/mol. The van der Waals surface area contributed by atoms with Crippen LogP contribution in [0.1, 0.15) is 18.4 Å². The molecule has 3 aromatic rings. The van der Waals surface area contributed by atoms with Crippen LogP contribution in [-0.4, -0.2) is 37.9 Å². The largest absolute Gasteiger partial charge is 0.360 e. The minimum absolute atomic E-state index is 0.129. The van der Waals surface area contributed by atoms with Crippen LogP contribution < -0.4 is 10.6 Å². The van der Waals surface area contributed by atoms with E-state index in [1.165, 1.54) is 23.1 Å². The first kappa shape index (κ1) is 20.0. The summed E-state index contributed by atoms with van der Waals surface area (Å²) >= 11 is 2.60. The Morgan fingerprint density at radius 3 is 2.79 bits per heavy atom. The molecule has 0 saturated carbocycles. The second-order valence-corrected chi connectivity index (χ2v) is 8.29. The molecule has 3 rings (SSSR count). The van der Waals surface area contributed by atoms with Gasteiger partial charge >= 0.3 is 0 Å². The van der Waals surface area contributed by atoms with Gasteiger partial charge in [-0.05, 0) is 32.9 Å². The summed E-state index contributed by atoms with van der Waals surface area (Å²) in [5, 5.41) is 9.24. The molecule has 0 radical (unpaired) electrons. The van der Waals surface area contributed by atoms with Crippen molar-refractivity contribution in [3.05, 3.63) is 41.9 Å². The fourth-order valence-electron chi connectivity index (χ4n) is 2.27. The Balaban J connectivity index is 1.51. The summed E-state index contributed by atoms with van der Waals surface area (Å²) in [6.07, 6.45) is 1.72. The SMILES string of the molecule is Cc1cc(NC(=O)C(C)SCC(=O)Nc2nc(C)c(-c3ccccn3)s2)no1. The second-order valence-electron chi connectivity index (χ2n) is 5.96. The van der Waals surface area contributed by atoms with Crippen LogP contribution >= 0.6 is 23.1 Å². The van der Waals surface area contributed by atoms with E-state index in [4.69, 9.17) is 4.52 Å². The molecule has 2 amide bonds. The Morgan fingerprint density at radius 2 is 2.11 bits per heavy atom. The smallest absolute Gasteiger partial charge is 0.238 e. The van der Waals surface area contributed by atoms with E-state index >= 15 is 0 Å². The van der Waals surface area contributed by atoms with Crippen LogP contribution in [0.5, 0.6) is 0 Å². The summed E-state index contributed by atoms with van der Waals surface area (Å²) in [7, 11) is 0. The first-order valence-electron chi connectivity index (χ1n) is 8.47. The van der Waals surface area contributed by atoms with Crippen molar-refractivity contribution in [1.29, 1.82) is 0 Å². The molecule has 146 valence electrons. The highest BCUT2D eigenvalue weighted by molar-refractivity contribution is 8.01. The van der Waals surface area contributed by atoms with Crippen molar-refractivity contribution in [3.8, 4) is 10.6 Å². The molecule has 1 unspecified atom stereocenters. The van der Waals surface area contributed by atoms with E-state index in [-0.39, 0.29) is 17.6 Å². The molecule has 10 heteroatoms. The topological polar surface area (TPSA) is 110 Å². The average molecular weight is 418 g/mol. The van der Waals surface area contributed by atoms with E-state index in [0.717, 1.165) is 16.3 Å². The summed E-state index contributed by atoms with van der Waals surface area (Å²) in [6, 6.07) is 7.29. The van der Waals surface area contributed by atoms with Gasteiger partial charge in [0.15, 0.2) is 10.9 Å². The highest BCUT2D eigenvalue weighted by Crippen LogP contribution is 2.31. The third-order valence-corrected chi connectivity index (χ3v) is 5.89. The normalized spacial score (nSPS) is 11.8. The van der Waals surface area contributed by atoms with Crippen LogP contribution in [0, 0.1) is 13.8 Å². The molecule has 0 aliphatic rings. The zero-order chi connectivity index (χ0) is 20.1. The summed E-state index contributed by atoms with van der Waals surface area (Å²) in [5.74, 6) is 0.639. The molecule has 28 heavy (non-hydrogen) atoms. The number of hydrogen-bond donors (Lipinski definition) is 2. The number of nitrogens with one attached hydrogen (secondary N) is 2. The molecule has 0 aromatic carbocycles. The van der Waals surface area contributed by atoms with Crippen LogP contribution in [-0.2, 0) is 9.59 Å². The fraction of sp³-hybridized carbons (Fsp3) is 0.278. The molecule has 8 nitrogen and oxygen atoms in total. The van der Waals surface area contributed by atoms with Crippen LogP contribution in [0.4, 0.5) is 10.9 Å². The van der Waals surface area contributed by atoms with Crippen molar-refractivity contribution < 1.29 is 14.1 Å². The standard InChI is InChI=1S/C18H19N5O3S2/c1-10-8-14(23-26-10)21-17(25)12(3)27-9-15(24)22-18-20-11(2)16(28-18)13-6-4-5-7-19-13/h4-8,12H,9H2,1-3H3,(H,20,22,24)(H,21,23,25). The lowest BCUT2D eigenvalue weighted by Crippen LogP contribution is -2.25. The molecule has 3 heterocycles. The van der Waals surface area contributed by atoms with Crippen LogP contribution in [0.2, 0.25) is 0 Å². The molecule has 0 aliphatic carbocycles. The molecule has 0 spiro atoms. The number of amides is 2. The molecular formula is C18H19N5O3S2. The van der Waals surface area contributed by atoms with Gasteiger partial charge in [-0.2, -0.15) is 0 Å². The van der Waals surface area contributed by atoms with Gasteiger partial charge in [-0.1, -0.05) is 22.6 Å². The van der Waals surface area contributed by atoms with Gasteiger partial charge in [-0.3, -0.25) is 14.6 Å². The van der Waals surface area contributed by atoms with E-state index < -0.39 is 5.25 Å². The van der Waals surface area contributed by atoms with E-state index in [2.05, 4.69) is 25.8 Å². The summed E-state index contributed by atoms with van der Waals surface area (Å²) < 4.78 is 4.91. The average Bonchev–Trinajstić information content (AvgIpc) is 3.25. The Morgan fingerprint density at radius 1 is 1.29 bits per heavy atom.